The number of ether oxygens (including phenoxy) is 4. The predicted octanol–water partition coefficient (Wildman–Crippen LogP) is 0.754. The van der Waals surface area contributed by atoms with E-state index in [1.165, 1.54) is 0 Å². The van der Waals surface area contributed by atoms with Gasteiger partial charge in [0.1, 0.15) is 0 Å². The van der Waals surface area contributed by atoms with Gasteiger partial charge in [-0.1, -0.05) is 6.07 Å². The second-order valence-electron chi connectivity index (χ2n) is 5.07. The number of carbonyl (C=O) groups excluding carboxylic acids is 2. The Morgan fingerprint density at radius 1 is 1.27 bits per heavy atom. The molecule has 0 unspecified atom stereocenters. The van der Waals surface area contributed by atoms with E-state index in [1.54, 1.807) is 12.1 Å². The highest BCUT2D eigenvalue weighted by atomic mass is 16.7. The molecule has 2 aliphatic heterocycles. The third kappa shape index (κ3) is 3.48. The van der Waals surface area contributed by atoms with Crippen LogP contribution in [0.3, 0.4) is 0 Å². The molecule has 1 aromatic rings. The Labute approximate surface area is 127 Å². The maximum atomic E-state index is 11.7. The second-order valence-corrected chi connectivity index (χ2v) is 5.07. The zero-order valence-electron chi connectivity index (χ0n) is 12.0. The van der Waals surface area contributed by atoms with E-state index >= 15 is 0 Å². The van der Waals surface area contributed by atoms with Crippen LogP contribution in [0.15, 0.2) is 18.2 Å². The molecule has 0 spiro atoms. The third-order valence-electron chi connectivity index (χ3n) is 3.46. The van der Waals surface area contributed by atoms with Crippen LogP contribution in [0.25, 0.3) is 0 Å². The third-order valence-corrected chi connectivity index (χ3v) is 3.46. The van der Waals surface area contributed by atoms with Crippen molar-refractivity contribution in [2.24, 2.45) is 0 Å². The molecule has 7 heteroatoms. The van der Waals surface area contributed by atoms with Crippen molar-refractivity contribution < 1.29 is 28.5 Å². The average Bonchev–Trinajstić information content (AvgIpc) is 3.20. The van der Waals surface area contributed by atoms with Crippen molar-refractivity contribution in [2.45, 2.75) is 25.5 Å². The summed E-state index contributed by atoms with van der Waals surface area (Å²) in [7, 11) is 0. The molecule has 3 rings (SSSR count). The van der Waals surface area contributed by atoms with Gasteiger partial charge in [-0.2, -0.15) is 0 Å². The maximum Gasteiger partial charge on any atom is 0.335 e. The molecule has 1 fully saturated rings. The van der Waals surface area contributed by atoms with Gasteiger partial charge in [0.05, 0.1) is 0 Å². The van der Waals surface area contributed by atoms with Crippen LogP contribution < -0.4 is 14.8 Å². The van der Waals surface area contributed by atoms with E-state index in [0.717, 1.165) is 12.0 Å². The molecule has 1 aromatic carbocycles. The summed E-state index contributed by atoms with van der Waals surface area (Å²) in [5.74, 6) is 0.525. The number of amides is 1. The summed E-state index contributed by atoms with van der Waals surface area (Å²) < 4.78 is 20.6. The number of esters is 1. The Kier molecular flexibility index (Phi) is 4.43. The SMILES string of the molecule is O=C(COC(=O)[C@H]1CCCO1)NCc1ccc2c(c1)OCO2. The molecule has 2 heterocycles. The minimum Gasteiger partial charge on any atom is -0.454 e. The largest absolute Gasteiger partial charge is 0.454 e. The quantitative estimate of drug-likeness (QED) is 0.808. The van der Waals surface area contributed by atoms with Gasteiger partial charge < -0.3 is 24.3 Å². The van der Waals surface area contributed by atoms with E-state index in [1.807, 2.05) is 6.07 Å². The fourth-order valence-electron chi connectivity index (χ4n) is 2.30. The summed E-state index contributed by atoms with van der Waals surface area (Å²) >= 11 is 0. The molecule has 0 aliphatic carbocycles. The summed E-state index contributed by atoms with van der Waals surface area (Å²) in [4.78, 5) is 23.3. The maximum absolute atomic E-state index is 11.7. The lowest BCUT2D eigenvalue weighted by molar-refractivity contribution is -0.157. The summed E-state index contributed by atoms with van der Waals surface area (Å²) in [6, 6.07) is 5.44. The topological polar surface area (TPSA) is 83.1 Å². The van der Waals surface area contributed by atoms with Gasteiger partial charge in [-0.25, -0.2) is 4.79 Å². The lowest BCUT2D eigenvalue weighted by Gasteiger charge is -2.10. The van der Waals surface area contributed by atoms with Gasteiger partial charge in [0.15, 0.2) is 24.2 Å². The van der Waals surface area contributed by atoms with Gasteiger partial charge in [0.2, 0.25) is 6.79 Å². The predicted molar refractivity (Wildman–Crippen MR) is 74.3 cm³/mol. The first-order valence-corrected chi connectivity index (χ1v) is 7.16. The van der Waals surface area contributed by atoms with E-state index in [9.17, 15) is 9.59 Å². The molecule has 0 radical (unpaired) electrons. The first-order valence-electron chi connectivity index (χ1n) is 7.16. The molecule has 1 atom stereocenters. The number of benzene rings is 1. The first-order chi connectivity index (χ1) is 10.7. The second kappa shape index (κ2) is 6.65. The van der Waals surface area contributed by atoms with Crippen molar-refractivity contribution >= 4 is 11.9 Å². The minimum absolute atomic E-state index is 0.213. The smallest absolute Gasteiger partial charge is 0.335 e. The Morgan fingerprint density at radius 3 is 2.95 bits per heavy atom. The fourth-order valence-corrected chi connectivity index (χ4v) is 2.30. The van der Waals surface area contributed by atoms with Crippen molar-refractivity contribution in [1.29, 1.82) is 0 Å². The van der Waals surface area contributed by atoms with Crippen LogP contribution in [0.1, 0.15) is 18.4 Å². The number of hydrogen-bond acceptors (Lipinski definition) is 6. The van der Waals surface area contributed by atoms with Crippen molar-refractivity contribution in [1.82, 2.24) is 5.32 Å². The lowest BCUT2D eigenvalue weighted by Crippen LogP contribution is -2.31. The normalized spacial score (nSPS) is 19.0. The van der Waals surface area contributed by atoms with Gasteiger partial charge in [-0.15, -0.1) is 0 Å². The minimum atomic E-state index is -0.526. The summed E-state index contributed by atoms with van der Waals surface area (Å²) in [6.45, 7) is 0.802. The molecule has 0 aromatic heterocycles. The van der Waals surface area contributed by atoms with Crippen LogP contribution in [0, 0.1) is 0 Å². The molecule has 7 nitrogen and oxygen atoms in total. The highest BCUT2D eigenvalue weighted by Gasteiger charge is 2.25. The van der Waals surface area contributed by atoms with Crippen molar-refractivity contribution in [2.75, 3.05) is 20.0 Å². The van der Waals surface area contributed by atoms with Crippen LogP contribution in [0.4, 0.5) is 0 Å². The molecule has 0 saturated carbocycles. The van der Waals surface area contributed by atoms with E-state index in [0.29, 0.717) is 31.1 Å². The van der Waals surface area contributed by atoms with E-state index < -0.39 is 12.1 Å². The molecule has 1 amide bonds. The summed E-state index contributed by atoms with van der Waals surface area (Å²) in [5.41, 5.74) is 0.878. The van der Waals surface area contributed by atoms with Crippen molar-refractivity contribution in [3.63, 3.8) is 0 Å². The number of nitrogens with one attached hydrogen (secondary N) is 1. The molecular formula is C15H17NO6. The summed E-state index contributed by atoms with van der Waals surface area (Å²) in [5, 5.41) is 2.68. The number of hydrogen-bond donors (Lipinski definition) is 1. The van der Waals surface area contributed by atoms with Crippen LogP contribution in [-0.4, -0.2) is 38.0 Å². The Morgan fingerprint density at radius 2 is 2.14 bits per heavy atom. The molecule has 2 aliphatic rings. The Hall–Kier alpha value is -2.28. The monoisotopic (exact) mass is 307 g/mol. The van der Waals surface area contributed by atoms with Crippen molar-refractivity contribution in [3.8, 4) is 11.5 Å². The standard InChI is InChI=1S/C15H17NO6/c17-14(8-20-15(18)12-2-1-5-19-12)16-7-10-3-4-11-13(6-10)22-9-21-11/h3-4,6,12H,1-2,5,7-9H2,(H,16,17)/t12-/m1/s1. The van der Waals surface area contributed by atoms with Crippen molar-refractivity contribution in [3.05, 3.63) is 23.8 Å². The molecule has 22 heavy (non-hydrogen) atoms. The molecule has 0 bridgehead atoms. The fraction of sp³-hybridized carbons (Fsp3) is 0.467. The van der Waals surface area contributed by atoms with Crippen LogP contribution in [0.5, 0.6) is 11.5 Å². The average molecular weight is 307 g/mol. The zero-order chi connectivity index (χ0) is 15.4. The van der Waals surface area contributed by atoms with Crippen LogP contribution in [-0.2, 0) is 25.6 Å². The first kappa shape index (κ1) is 14.6. The Balaban J connectivity index is 1.41. The highest BCUT2D eigenvalue weighted by Crippen LogP contribution is 2.32. The van der Waals surface area contributed by atoms with Crippen LogP contribution >= 0.6 is 0 Å². The van der Waals surface area contributed by atoms with Gasteiger partial charge in [-0.05, 0) is 30.5 Å². The summed E-state index contributed by atoms with van der Waals surface area (Å²) in [6.07, 6.45) is 0.968. The van der Waals surface area contributed by atoms with E-state index in [4.69, 9.17) is 18.9 Å². The molecule has 1 N–H and O–H groups in total. The lowest BCUT2D eigenvalue weighted by atomic mass is 10.2. The zero-order valence-corrected chi connectivity index (χ0v) is 12.0. The molecule has 118 valence electrons. The van der Waals surface area contributed by atoms with Gasteiger partial charge in [0.25, 0.3) is 5.91 Å². The van der Waals surface area contributed by atoms with E-state index in [-0.39, 0.29) is 19.3 Å². The Bertz CT molecular complexity index is 567. The van der Waals surface area contributed by atoms with Gasteiger partial charge >= 0.3 is 5.97 Å². The van der Waals surface area contributed by atoms with Crippen LogP contribution in [0.2, 0.25) is 0 Å². The molecular weight excluding hydrogens is 290 g/mol. The molecule has 1 saturated heterocycles. The van der Waals surface area contributed by atoms with Gasteiger partial charge in [0, 0.05) is 13.2 Å². The highest BCUT2D eigenvalue weighted by molar-refractivity contribution is 5.82. The van der Waals surface area contributed by atoms with E-state index in [2.05, 4.69) is 5.32 Å². The number of rotatable bonds is 5. The van der Waals surface area contributed by atoms with Gasteiger partial charge in [-0.3, -0.25) is 4.79 Å². The number of carbonyl (C=O) groups is 2. The number of fused-ring (bicyclic) bond motifs is 1.